The molecule has 0 unspecified atom stereocenters. The Morgan fingerprint density at radius 3 is 2.54 bits per heavy atom. The summed E-state index contributed by atoms with van der Waals surface area (Å²) in [5, 5.41) is 8.60. The van der Waals surface area contributed by atoms with Crippen LogP contribution in [0.4, 0.5) is 0 Å². The van der Waals surface area contributed by atoms with E-state index >= 15 is 0 Å². The molecule has 3 atom stereocenters. The summed E-state index contributed by atoms with van der Waals surface area (Å²) < 4.78 is 11.2. The van der Waals surface area contributed by atoms with Gasteiger partial charge in [-0.3, -0.25) is 4.79 Å². The number of unbranched alkanes of at least 4 members (excludes halogenated alkanes) is 2. The van der Waals surface area contributed by atoms with Crippen molar-refractivity contribution in [2.45, 2.75) is 77.1 Å². The molecule has 0 bridgehead atoms. The summed E-state index contributed by atoms with van der Waals surface area (Å²) in [7, 11) is -0.724. The first-order chi connectivity index (χ1) is 13.0. The first-order valence-corrected chi connectivity index (χ1v) is 12.7. The van der Waals surface area contributed by atoms with Gasteiger partial charge in [0.05, 0.1) is 19.3 Å². The molecule has 0 heterocycles. The average molecular weight is 404 g/mol. The molecule has 0 aromatic rings. The van der Waals surface area contributed by atoms with Gasteiger partial charge in [0.15, 0.2) is 8.32 Å². The minimum Gasteiger partial charge on any atom is -0.466 e. The molecular weight excluding hydrogens is 370 g/mol. The third-order valence-electron chi connectivity index (χ3n) is 5.66. The number of ether oxygens (including phenoxy) is 1. The Labute approximate surface area is 170 Å². The van der Waals surface area contributed by atoms with Crippen molar-refractivity contribution in [3.63, 3.8) is 0 Å². The summed E-state index contributed by atoms with van der Waals surface area (Å²) in [5.74, 6) is 5.37. The second-order valence-corrected chi connectivity index (χ2v) is 13.5. The Morgan fingerprint density at radius 1 is 1.29 bits per heavy atom. The number of hydrogen-bond donors (Lipinski definition) is 0. The Hall–Kier alpha value is -1.89. The Kier molecular flexibility index (Phi) is 9.14. The lowest BCUT2D eigenvalue weighted by atomic mass is 9.91. The van der Waals surface area contributed by atoms with E-state index in [9.17, 15) is 9.59 Å². The molecule has 0 saturated heterocycles. The minimum atomic E-state index is -2.06. The van der Waals surface area contributed by atoms with Crippen LogP contribution in [-0.4, -0.2) is 33.3 Å². The molecule has 1 saturated carbocycles. The van der Waals surface area contributed by atoms with Gasteiger partial charge in [-0.1, -0.05) is 26.8 Å². The molecule has 0 aromatic heterocycles. The molecule has 6 heteroatoms. The van der Waals surface area contributed by atoms with Gasteiger partial charge < -0.3 is 9.16 Å². The van der Waals surface area contributed by atoms with Gasteiger partial charge in [0.2, 0.25) is 0 Å². The van der Waals surface area contributed by atoms with Crippen LogP contribution < -0.4 is 0 Å². The fourth-order valence-electron chi connectivity index (χ4n) is 2.93. The van der Waals surface area contributed by atoms with Crippen molar-refractivity contribution in [2.75, 3.05) is 7.11 Å². The van der Waals surface area contributed by atoms with Crippen LogP contribution in [0.1, 0.15) is 52.9 Å². The Balaban J connectivity index is 2.97. The van der Waals surface area contributed by atoms with E-state index < -0.39 is 14.3 Å². The number of rotatable bonds is 7. The van der Waals surface area contributed by atoms with Crippen molar-refractivity contribution in [2.24, 2.45) is 11.8 Å². The number of nitriles is 1. The molecule has 0 amide bonds. The first-order valence-electron chi connectivity index (χ1n) is 9.83. The molecule has 0 aromatic carbocycles. The maximum Gasteiger partial charge on any atom is 0.330 e. The van der Waals surface area contributed by atoms with E-state index in [-0.39, 0.29) is 28.8 Å². The summed E-state index contributed by atoms with van der Waals surface area (Å²) >= 11 is 0. The van der Waals surface area contributed by atoms with Crippen molar-refractivity contribution in [1.29, 1.82) is 5.26 Å². The normalized spacial score (nSPS) is 22.6. The summed E-state index contributed by atoms with van der Waals surface area (Å²) in [6, 6.07) is 2.10. The zero-order valence-electron chi connectivity index (χ0n) is 18.0. The lowest BCUT2D eigenvalue weighted by Gasteiger charge is -2.39. The van der Waals surface area contributed by atoms with Crippen LogP contribution in [0.3, 0.4) is 0 Å². The highest BCUT2D eigenvalue weighted by Crippen LogP contribution is 2.42. The summed E-state index contributed by atoms with van der Waals surface area (Å²) in [6.07, 6.45) is 5.59. The van der Waals surface area contributed by atoms with Crippen LogP contribution in [0.15, 0.2) is 12.2 Å². The van der Waals surface area contributed by atoms with Gasteiger partial charge >= 0.3 is 5.97 Å². The summed E-state index contributed by atoms with van der Waals surface area (Å²) in [5.41, 5.74) is 0. The van der Waals surface area contributed by atoms with Crippen molar-refractivity contribution in [3.05, 3.63) is 12.2 Å². The molecule has 0 aliphatic heterocycles. The lowest BCUT2D eigenvalue weighted by Crippen LogP contribution is -2.45. The predicted octanol–water partition coefficient (Wildman–Crippen LogP) is 4.40. The van der Waals surface area contributed by atoms with Crippen LogP contribution in [0.25, 0.3) is 0 Å². The smallest absolute Gasteiger partial charge is 0.330 e. The Morgan fingerprint density at radius 2 is 1.96 bits per heavy atom. The SMILES string of the molecule is COC(=O)/C=C/[C@H]1[C@H](O[Si](C)(C)C(C)(C)C)CC(=O)[C@@H]1CC#CCCCC#N. The lowest BCUT2D eigenvalue weighted by molar-refractivity contribution is -0.135. The van der Waals surface area contributed by atoms with Gasteiger partial charge in [-0.25, -0.2) is 4.79 Å². The maximum atomic E-state index is 12.7. The number of nitrogens with zero attached hydrogens (tertiary/aromatic N) is 1. The van der Waals surface area contributed by atoms with Gasteiger partial charge in [-0.2, -0.15) is 5.26 Å². The van der Waals surface area contributed by atoms with E-state index in [2.05, 4.69) is 51.8 Å². The number of methoxy groups -OCH3 is 1. The Bertz CT molecular complexity index is 688. The molecular formula is C22H33NO4Si. The molecule has 0 radical (unpaired) electrons. The largest absolute Gasteiger partial charge is 0.466 e. The monoisotopic (exact) mass is 403 g/mol. The molecule has 1 aliphatic carbocycles. The van der Waals surface area contributed by atoms with Crippen molar-refractivity contribution >= 4 is 20.1 Å². The molecule has 1 rings (SSSR count). The van der Waals surface area contributed by atoms with Crippen LogP contribution in [0.2, 0.25) is 18.1 Å². The zero-order valence-corrected chi connectivity index (χ0v) is 19.0. The molecule has 154 valence electrons. The first kappa shape index (κ1) is 24.1. The highest BCUT2D eigenvalue weighted by molar-refractivity contribution is 6.74. The van der Waals surface area contributed by atoms with E-state index in [1.807, 2.05) is 0 Å². The van der Waals surface area contributed by atoms with Gasteiger partial charge in [0.25, 0.3) is 0 Å². The standard InChI is InChI=1S/C22H33NO4Si/c1-22(2,3)28(5,6)27-20-16-19(24)17(12-10-8-7-9-11-15-23)18(20)13-14-21(25)26-4/h13-14,17-18,20H,7,9,11-12,16H2,1-6H3/b14-13+/t17-,18-,20-/m1/s1. The van der Waals surface area contributed by atoms with Crippen LogP contribution >= 0.6 is 0 Å². The highest BCUT2D eigenvalue weighted by atomic mass is 28.4. The number of ketones is 1. The van der Waals surface area contributed by atoms with Gasteiger partial charge in [0, 0.05) is 43.6 Å². The van der Waals surface area contributed by atoms with Crippen LogP contribution in [-0.2, 0) is 18.8 Å². The fraction of sp³-hybridized carbons (Fsp3) is 0.682. The second-order valence-electron chi connectivity index (χ2n) is 8.72. The fourth-order valence-corrected chi connectivity index (χ4v) is 4.28. The van der Waals surface area contributed by atoms with E-state index in [0.29, 0.717) is 25.7 Å². The highest BCUT2D eigenvalue weighted by Gasteiger charge is 2.46. The van der Waals surface area contributed by atoms with Crippen molar-refractivity contribution < 1.29 is 18.8 Å². The van der Waals surface area contributed by atoms with Gasteiger partial charge in [-0.15, -0.1) is 11.8 Å². The predicted molar refractivity (Wildman–Crippen MR) is 112 cm³/mol. The third-order valence-corrected chi connectivity index (χ3v) is 10.2. The van der Waals surface area contributed by atoms with E-state index in [1.54, 1.807) is 6.08 Å². The van der Waals surface area contributed by atoms with E-state index in [4.69, 9.17) is 14.4 Å². The minimum absolute atomic E-state index is 0.0330. The number of carbonyl (C=O) groups excluding carboxylic acids is 2. The van der Waals surface area contributed by atoms with Crippen molar-refractivity contribution in [3.8, 4) is 17.9 Å². The second kappa shape index (κ2) is 10.6. The van der Waals surface area contributed by atoms with Crippen LogP contribution in [0, 0.1) is 35.0 Å². The molecule has 1 fully saturated rings. The van der Waals surface area contributed by atoms with Gasteiger partial charge in [-0.05, 0) is 24.6 Å². The summed E-state index contributed by atoms with van der Waals surface area (Å²) in [6.45, 7) is 10.8. The third kappa shape index (κ3) is 6.93. The number of esters is 1. The molecule has 1 aliphatic rings. The molecule has 5 nitrogen and oxygen atoms in total. The van der Waals surface area contributed by atoms with Gasteiger partial charge in [0.1, 0.15) is 5.78 Å². The van der Waals surface area contributed by atoms with E-state index in [0.717, 1.165) is 6.42 Å². The zero-order chi connectivity index (χ0) is 21.4. The molecule has 0 N–H and O–H groups in total. The number of Topliss-reactive ketones (excluding diaryl/α,β-unsaturated/α-hetero) is 1. The average Bonchev–Trinajstić information content (AvgIpc) is 2.88. The van der Waals surface area contributed by atoms with Crippen LogP contribution in [0.5, 0.6) is 0 Å². The number of carbonyl (C=O) groups is 2. The molecule has 0 spiro atoms. The van der Waals surface area contributed by atoms with E-state index in [1.165, 1.54) is 13.2 Å². The number of hydrogen-bond acceptors (Lipinski definition) is 5. The molecule has 28 heavy (non-hydrogen) atoms. The maximum absolute atomic E-state index is 12.7. The topological polar surface area (TPSA) is 76.4 Å². The quantitative estimate of drug-likeness (QED) is 0.207. The van der Waals surface area contributed by atoms with Crippen molar-refractivity contribution in [1.82, 2.24) is 0 Å². The summed E-state index contributed by atoms with van der Waals surface area (Å²) in [4.78, 5) is 24.3.